The molecule has 0 saturated heterocycles. The second-order valence-corrected chi connectivity index (χ2v) is 3.46. The number of carbonyl (C=O) groups excluding carboxylic acids is 2. The van der Waals surface area contributed by atoms with Gasteiger partial charge in [-0.1, -0.05) is 0 Å². The van der Waals surface area contributed by atoms with Crippen molar-refractivity contribution in [3.05, 3.63) is 0 Å². The van der Waals surface area contributed by atoms with E-state index >= 15 is 0 Å². The van der Waals surface area contributed by atoms with Gasteiger partial charge in [0.15, 0.2) is 0 Å². The minimum absolute atomic E-state index is 0.267. The number of nitrogens with two attached hydrogens (primary N) is 1. The molecule has 16 heavy (non-hydrogen) atoms. The molecule has 4 N–H and O–H groups in total. The summed E-state index contributed by atoms with van der Waals surface area (Å²) in [6, 6.07) is -1.16. The molecule has 0 rings (SSSR count). The quantitative estimate of drug-likeness (QED) is 0.498. The van der Waals surface area contributed by atoms with E-state index < -0.39 is 30.3 Å². The zero-order valence-corrected chi connectivity index (χ0v) is 9.23. The van der Waals surface area contributed by atoms with Crippen LogP contribution >= 0.6 is 0 Å². The smallest absolute Gasteiger partial charge is 0.325 e. The normalized spacial score (nSPS) is 12.0. The van der Waals surface area contributed by atoms with Crippen molar-refractivity contribution in [2.75, 3.05) is 6.54 Å². The molecular formula is C9H16N2O5. The summed E-state index contributed by atoms with van der Waals surface area (Å²) in [4.78, 5) is 32.4. The predicted octanol–water partition coefficient (Wildman–Crippen LogP) is -1.14. The third kappa shape index (κ3) is 6.77. The average molecular weight is 232 g/mol. The Bertz CT molecular complexity index is 277. The summed E-state index contributed by atoms with van der Waals surface area (Å²) in [5, 5.41) is 10.6. The third-order valence-corrected chi connectivity index (χ3v) is 1.51. The number of hydrogen-bond donors (Lipinski definition) is 3. The fourth-order valence-corrected chi connectivity index (χ4v) is 0.876. The number of amides is 1. The SMILES string of the molecule is CC(C)OC(=O)CNC(=O)[C@@H](N)CC(=O)O. The van der Waals surface area contributed by atoms with Crippen molar-refractivity contribution in [2.45, 2.75) is 32.4 Å². The number of carboxylic acid groups (broad SMARTS) is 1. The highest BCUT2D eigenvalue weighted by Gasteiger charge is 2.17. The van der Waals surface area contributed by atoms with Crippen LogP contribution in [-0.4, -0.2) is 41.6 Å². The Morgan fingerprint density at radius 3 is 2.38 bits per heavy atom. The van der Waals surface area contributed by atoms with Crippen molar-refractivity contribution in [2.24, 2.45) is 5.73 Å². The Kier molecular flexibility index (Phi) is 6.09. The van der Waals surface area contributed by atoms with Crippen LogP contribution in [0.4, 0.5) is 0 Å². The van der Waals surface area contributed by atoms with Gasteiger partial charge in [-0.3, -0.25) is 14.4 Å². The minimum Gasteiger partial charge on any atom is -0.481 e. The maximum absolute atomic E-state index is 11.2. The number of carbonyl (C=O) groups is 3. The van der Waals surface area contributed by atoms with Crippen LogP contribution in [0, 0.1) is 0 Å². The summed E-state index contributed by atoms with van der Waals surface area (Å²) < 4.78 is 4.75. The summed E-state index contributed by atoms with van der Waals surface area (Å²) in [7, 11) is 0. The van der Waals surface area contributed by atoms with Gasteiger partial charge in [0.25, 0.3) is 0 Å². The largest absolute Gasteiger partial charge is 0.481 e. The Balaban J connectivity index is 3.88. The zero-order valence-electron chi connectivity index (χ0n) is 9.23. The van der Waals surface area contributed by atoms with E-state index in [1.165, 1.54) is 0 Å². The molecule has 0 heterocycles. The van der Waals surface area contributed by atoms with Crippen molar-refractivity contribution >= 4 is 17.8 Å². The second kappa shape index (κ2) is 6.78. The van der Waals surface area contributed by atoms with E-state index in [4.69, 9.17) is 15.6 Å². The molecule has 92 valence electrons. The van der Waals surface area contributed by atoms with E-state index in [-0.39, 0.29) is 12.6 Å². The van der Waals surface area contributed by atoms with Crippen LogP contribution in [-0.2, 0) is 19.1 Å². The molecule has 7 nitrogen and oxygen atoms in total. The number of ether oxygens (including phenoxy) is 1. The van der Waals surface area contributed by atoms with E-state index in [1.807, 2.05) is 0 Å². The van der Waals surface area contributed by atoms with Crippen LogP contribution in [0.2, 0.25) is 0 Å². The summed E-state index contributed by atoms with van der Waals surface area (Å²) in [6.45, 7) is 3.04. The van der Waals surface area contributed by atoms with Gasteiger partial charge in [-0.25, -0.2) is 0 Å². The van der Waals surface area contributed by atoms with Gasteiger partial charge in [0.05, 0.1) is 18.6 Å². The molecule has 0 aromatic carbocycles. The van der Waals surface area contributed by atoms with Crippen molar-refractivity contribution in [3.63, 3.8) is 0 Å². The van der Waals surface area contributed by atoms with Crippen molar-refractivity contribution in [1.29, 1.82) is 0 Å². The Hall–Kier alpha value is -1.63. The van der Waals surface area contributed by atoms with Gasteiger partial charge in [-0.05, 0) is 13.8 Å². The first-order chi connectivity index (χ1) is 7.32. The Morgan fingerprint density at radius 1 is 1.38 bits per heavy atom. The van der Waals surface area contributed by atoms with Crippen molar-refractivity contribution in [3.8, 4) is 0 Å². The molecule has 1 atom stereocenters. The maximum Gasteiger partial charge on any atom is 0.325 e. The maximum atomic E-state index is 11.2. The van der Waals surface area contributed by atoms with Crippen LogP contribution in [0.15, 0.2) is 0 Å². The highest BCUT2D eigenvalue weighted by Crippen LogP contribution is 1.90. The van der Waals surface area contributed by atoms with Gasteiger partial charge >= 0.3 is 11.9 Å². The highest BCUT2D eigenvalue weighted by molar-refractivity contribution is 5.88. The summed E-state index contributed by atoms with van der Waals surface area (Å²) in [5.41, 5.74) is 5.26. The summed E-state index contributed by atoms with van der Waals surface area (Å²) in [6.07, 6.45) is -0.748. The van der Waals surface area contributed by atoms with Gasteiger partial charge in [-0.2, -0.15) is 0 Å². The minimum atomic E-state index is -1.17. The molecule has 0 aliphatic rings. The Labute approximate surface area is 92.9 Å². The predicted molar refractivity (Wildman–Crippen MR) is 54.5 cm³/mol. The lowest BCUT2D eigenvalue weighted by Crippen LogP contribution is -2.44. The molecule has 0 aromatic rings. The average Bonchev–Trinajstić information content (AvgIpc) is 2.11. The van der Waals surface area contributed by atoms with Crippen LogP contribution in [0.5, 0.6) is 0 Å². The molecule has 0 radical (unpaired) electrons. The summed E-state index contributed by atoms with van der Waals surface area (Å²) in [5.74, 6) is -2.46. The molecule has 0 fully saturated rings. The number of esters is 1. The van der Waals surface area contributed by atoms with Gasteiger partial charge in [-0.15, -0.1) is 0 Å². The fraction of sp³-hybridized carbons (Fsp3) is 0.667. The monoisotopic (exact) mass is 232 g/mol. The zero-order chi connectivity index (χ0) is 12.7. The molecule has 0 bridgehead atoms. The lowest BCUT2D eigenvalue weighted by atomic mass is 10.2. The number of hydrogen-bond acceptors (Lipinski definition) is 5. The highest BCUT2D eigenvalue weighted by atomic mass is 16.5. The number of rotatable bonds is 6. The standard InChI is InChI=1S/C9H16N2O5/c1-5(2)16-8(14)4-11-9(15)6(10)3-7(12)13/h5-6H,3-4,10H2,1-2H3,(H,11,15)(H,12,13)/t6-/m0/s1. The van der Waals surface area contributed by atoms with E-state index in [1.54, 1.807) is 13.8 Å². The molecule has 0 unspecified atom stereocenters. The molecule has 0 aliphatic carbocycles. The van der Waals surface area contributed by atoms with Crippen molar-refractivity contribution in [1.82, 2.24) is 5.32 Å². The lowest BCUT2D eigenvalue weighted by Gasteiger charge is -2.11. The van der Waals surface area contributed by atoms with E-state index in [0.29, 0.717) is 0 Å². The van der Waals surface area contributed by atoms with E-state index in [2.05, 4.69) is 5.32 Å². The first kappa shape index (κ1) is 14.4. The molecule has 0 aliphatic heterocycles. The Morgan fingerprint density at radius 2 is 1.94 bits per heavy atom. The van der Waals surface area contributed by atoms with Crippen LogP contribution in [0.3, 0.4) is 0 Å². The molecule has 0 saturated carbocycles. The molecule has 0 aromatic heterocycles. The first-order valence-electron chi connectivity index (χ1n) is 4.77. The van der Waals surface area contributed by atoms with E-state index in [9.17, 15) is 14.4 Å². The van der Waals surface area contributed by atoms with E-state index in [0.717, 1.165) is 0 Å². The second-order valence-electron chi connectivity index (χ2n) is 3.46. The van der Waals surface area contributed by atoms with Gasteiger partial charge in [0.1, 0.15) is 6.54 Å². The van der Waals surface area contributed by atoms with Crippen molar-refractivity contribution < 1.29 is 24.2 Å². The summed E-state index contributed by atoms with van der Waals surface area (Å²) >= 11 is 0. The topological polar surface area (TPSA) is 119 Å². The molecular weight excluding hydrogens is 216 g/mol. The first-order valence-corrected chi connectivity index (χ1v) is 4.77. The molecule has 0 spiro atoms. The number of aliphatic carboxylic acids is 1. The van der Waals surface area contributed by atoms with Gasteiger partial charge in [0, 0.05) is 0 Å². The van der Waals surface area contributed by atoms with Crippen LogP contribution in [0.1, 0.15) is 20.3 Å². The lowest BCUT2D eigenvalue weighted by molar-refractivity contribution is -0.147. The van der Waals surface area contributed by atoms with Gasteiger partial charge in [0.2, 0.25) is 5.91 Å². The van der Waals surface area contributed by atoms with Gasteiger partial charge < -0.3 is 20.9 Å². The van der Waals surface area contributed by atoms with Crippen LogP contribution in [0.25, 0.3) is 0 Å². The fourth-order valence-electron chi connectivity index (χ4n) is 0.876. The van der Waals surface area contributed by atoms with Crippen LogP contribution < -0.4 is 11.1 Å². The molecule has 1 amide bonds. The number of nitrogens with one attached hydrogen (secondary N) is 1. The third-order valence-electron chi connectivity index (χ3n) is 1.51. The molecule has 7 heteroatoms. The number of carboxylic acids is 1.